The van der Waals surface area contributed by atoms with Crippen LogP contribution in [0.1, 0.15) is 25.5 Å². The molecule has 1 aromatic rings. The molecule has 58 valence electrons. The summed E-state index contributed by atoms with van der Waals surface area (Å²) in [4.78, 5) is 3.13. The largest absolute Gasteiger partial charge is 0.425 e. The summed E-state index contributed by atoms with van der Waals surface area (Å²) in [6.07, 6.45) is 1.69. The minimum Gasteiger partial charge on any atom is -0.267 e. The Kier molecular flexibility index (Phi) is 1.90. The predicted molar refractivity (Wildman–Crippen MR) is 42.0 cm³/mol. The highest BCUT2D eigenvalue weighted by Crippen LogP contribution is 2.24. The summed E-state index contributed by atoms with van der Waals surface area (Å²) in [5, 5.41) is 12.7. The molecule has 4 nitrogen and oxygen atoms in total. The molecule has 0 aromatic carbocycles. The zero-order valence-electron chi connectivity index (χ0n) is 6.94. The fourth-order valence-corrected chi connectivity index (χ4v) is 0.981. The van der Waals surface area contributed by atoms with Crippen molar-refractivity contribution in [3.05, 3.63) is 16.9 Å². The van der Waals surface area contributed by atoms with Crippen LogP contribution in [0.25, 0.3) is 4.98 Å². The van der Waals surface area contributed by atoms with Crippen LogP contribution in [0.3, 0.4) is 0 Å². The third-order valence-electron chi connectivity index (χ3n) is 1.49. The molecule has 0 aliphatic heterocycles. The molecule has 0 N–H and O–H groups in total. The van der Waals surface area contributed by atoms with Crippen molar-refractivity contribution in [1.82, 2.24) is 9.78 Å². The van der Waals surface area contributed by atoms with Crippen LogP contribution in [0.2, 0.25) is 0 Å². The van der Waals surface area contributed by atoms with Gasteiger partial charge in [-0.2, -0.15) is 5.10 Å². The highest BCUT2D eigenvalue weighted by molar-refractivity contribution is 5.47. The van der Waals surface area contributed by atoms with Gasteiger partial charge in [-0.3, -0.25) is 4.68 Å². The molecule has 0 saturated carbocycles. The number of nitrogens with zero attached hydrogens (tertiary/aromatic N) is 4. The lowest BCUT2D eigenvalue weighted by Gasteiger charge is -1.93. The van der Waals surface area contributed by atoms with Gasteiger partial charge in [-0.15, -0.1) is 0 Å². The first-order valence-corrected chi connectivity index (χ1v) is 3.53. The Morgan fingerprint density at radius 1 is 1.64 bits per heavy atom. The van der Waals surface area contributed by atoms with Gasteiger partial charge in [0, 0.05) is 13.0 Å². The molecule has 4 heteroatoms. The van der Waals surface area contributed by atoms with Crippen molar-refractivity contribution in [3.8, 4) is 0 Å². The van der Waals surface area contributed by atoms with E-state index >= 15 is 0 Å². The van der Waals surface area contributed by atoms with Gasteiger partial charge >= 0.3 is 5.69 Å². The van der Waals surface area contributed by atoms with E-state index in [0.717, 1.165) is 5.69 Å². The average Bonchev–Trinajstić information content (AvgIpc) is 2.30. The maximum absolute atomic E-state index is 8.55. The van der Waals surface area contributed by atoms with Gasteiger partial charge in [0.05, 0.1) is 0 Å². The van der Waals surface area contributed by atoms with Gasteiger partial charge in [0.1, 0.15) is 6.20 Å². The highest BCUT2D eigenvalue weighted by Gasteiger charge is 2.20. The van der Waals surface area contributed by atoms with Gasteiger partial charge in [0.25, 0.3) is 0 Å². The Bertz CT molecular complexity index is 292. The number of aryl methyl sites for hydroxylation is 1. The van der Waals surface area contributed by atoms with Crippen molar-refractivity contribution in [2.75, 3.05) is 0 Å². The lowest BCUT2D eigenvalue weighted by Crippen LogP contribution is -1.92. The van der Waals surface area contributed by atoms with Crippen LogP contribution in [-0.4, -0.2) is 9.78 Å². The van der Waals surface area contributed by atoms with Crippen LogP contribution in [0, 0.1) is 5.39 Å². The van der Waals surface area contributed by atoms with E-state index in [2.05, 4.69) is 10.1 Å². The summed E-state index contributed by atoms with van der Waals surface area (Å²) < 4.78 is 1.64. The molecule has 1 rings (SSSR count). The third kappa shape index (κ3) is 1.37. The van der Waals surface area contributed by atoms with Gasteiger partial charge in [-0.25, -0.2) is 0 Å². The number of hydrogen-bond donors (Lipinski definition) is 0. The monoisotopic (exact) mass is 151 g/mol. The zero-order chi connectivity index (χ0) is 8.43. The fraction of sp³-hybridized carbons (Fsp3) is 0.571. The summed E-state index contributed by atoms with van der Waals surface area (Å²) in [5.74, 6) is 0.294. The summed E-state index contributed by atoms with van der Waals surface area (Å²) in [6.45, 7) is 4.02. The maximum Gasteiger partial charge on any atom is 0.425 e. The van der Waals surface area contributed by atoms with E-state index in [9.17, 15) is 0 Å². The molecule has 0 fully saturated rings. The van der Waals surface area contributed by atoms with E-state index in [-0.39, 0.29) is 0 Å². The van der Waals surface area contributed by atoms with Crippen LogP contribution < -0.4 is 0 Å². The number of diazo groups is 1. The van der Waals surface area contributed by atoms with Crippen molar-refractivity contribution in [2.45, 2.75) is 19.8 Å². The molecule has 0 radical (unpaired) electrons. The highest BCUT2D eigenvalue weighted by atomic mass is 15.3. The van der Waals surface area contributed by atoms with E-state index in [1.165, 1.54) is 0 Å². The Labute approximate surface area is 65.5 Å². The smallest absolute Gasteiger partial charge is 0.267 e. The van der Waals surface area contributed by atoms with Gasteiger partial charge in [0.15, 0.2) is 10.7 Å². The van der Waals surface area contributed by atoms with Crippen LogP contribution in [0.4, 0.5) is 5.69 Å². The summed E-state index contributed by atoms with van der Waals surface area (Å²) in [6, 6.07) is 0. The molecule has 0 aliphatic rings. The minimum atomic E-state index is 0.294. The number of rotatable bonds is 1. The molecular formula is C7H11N4+. The van der Waals surface area contributed by atoms with Crippen LogP contribution in [0.5, 0.6) is 0 Å². The Hall–Kier alpha value is -1.37. The summed E-state index contributed by atoms with van der Waals surface area (Å²) >= 11 is 0. The summed E-state index contributed by atoms with van der Waals surface area (Å²) in [5.41, 5.74) is 1.39. The van der Waals surface area contributed by atoms with E-state index < -0.39 is 0 Å². The molecule has 0 unspecified atom stereocenters. The molecule has 0 spiro atoms. The van der Waals surface area contributed by atoms with Gasteiger partial charge in [-0.1, -0.05) is 13.8 Å². The van der Waals surface area contributed by atoms with E-state index in [4.69, 9.17) is 5.39 Å². The Morgan fingerprint density at radius 2 is 2.27 bits per heavy atom. The first-order chi connectivity index (χ1) is 5.15. The molecule has 0 aliphatic carbocycles. The van der Waals surface area contributed by atoms with Crippen molar-refractivity contribution >= 4 is 5.69 Å². The maximum atomic E-state index is 8.55. The fourth-order valence-electron chi connectivity index (χ4n) is 0.981. The molecule has 1 aromatic heterocycles. The number of aromatic nitrogens is 2. The van der Waals surface area contributed by atoms with E-state index in [0.29, 0.717) is 11.6 Å². The molecule has 0 amide bonds. The van der Waals surface area contributed by atoms with Crippen LogP contribution >= 0.6 is 0 Å². The SMILES string of the molecule is CC(C)c1nn(C)cc1[N+]#N. The van der Waals surface area contributed by atoms with E-state index in [1.807, 2.05) is 13.8 Å². The first kappa shape index (κ1) is 7.73. The van der Waals surface area contributed by atoms with Crippen LogP contribution in [0.15, 0.2) is 6.20 Å². The third-order valence-corrected chi connectivity index (χ3v) is 1.49. The zero-order valence-corrected chi connectivity index (χ0v) is 6.94. The molecule has 0 saturated heterocycles. The normalized spacial score (nSPS) is 10.1. The second-order valence-electron chi connectivity index (χ2n) is 2.83. The quantitative estimate of drug-likeness (QED) is 0.576. The van der Waals surface area contributed by atoms with Crippen molar-refractivity contribution in [3.63, 3.8) is 0 Å². The van der Waals surface area contributed by atoms with Crippen LogP contribution in [-0.2, 0) is 7.05 Å². The lowest BCUT2D eigenvalue weighted by atomic mass is 10.1. The topological polar surface area (TPSA) is 46.0 Å². The Balaban J connectivity index is 3.15. The van der Waals surface area contributed by atoms with Crippen molar-refractivity contribution in [2.24, 2.45) is 7.05 Å². The molecular weight excluding hydrogens is 140 g/mol. The molecule has 1 heterocycles. The van der Waals surface area contributed by atoms with Crippen molar-refractivity contribution in [1.29, 1.82) is 5.39 Å². The average molecular weight is 151 g/mol. The first-order valence-electron chi connectivity index (χ1n) is 3.53. The minimum absolute atomic E-state index is 0.294. The molecule has 0 atom stereocenters. The summed E-state index contributed by atoms with van der Waals surface area (Å²) in [7, 11) is 1.81. The van der Waals surface area contributed by atoms with Gasteiger partial charge in [-0.05, 0) is 0 Å². The van der Waals surface area contributed by atoms with Gasteiger partial charge < -0.3 is 0 Å². The second kappa shape index (κ2) is 2.70. The lowest BCUT2D eigenvalue weighted by molar-refractivity contribution is 0.713. The Morgan fingerprint density at radius 3 is 2.64 bits per heavy atom. The predicted octanol–water partition coefficient (Wildman–Crippen LogP) is 2.03. The van der Waals surface area contributed by atoms with Crippen molar-refractivity contribution < 1.29 is 0 Å². The molecule has 0 bridgehead atoms. The second-order valence-corrected chi connectivity index (χ2v) is 2.83. The number of hydrogen-bond acceptors (Lipinski definition) is 2. The van der Waals surface area contributed by atoms with Gasteiger partial charge in [0.2, 0.25) is 5.39 Å². The van der Waals surface area contributed by atoms with E-state index in [1.54, 1.807) is 17.9 Å². The molecule has 11 heavy (non-hydrogen) atoms. The standard InChI is InChI=1S/C7H11N4/c1-5(2)7-6(9-8)4-11(3)10-7/h4-5H,1-3H3/q+1.